The molecule has 1 amide bonds. The van der Waals surface area contributed by atoms with Crippen LogP contribution >= 0.6 is 11.3 Å². The first-order valence-electron chi connectivity index (χ1n) is 7.17. The second-order valence-electron chi connectivity index (χ2n) is 5.77. The molecule has 2 fully saturated rings. The number of carbonyl (C=O) groups is 1. The summed E-state index contributed by atoms with van der Waals surface area (Å²) in [6, 6.07) is 0.242. The molecule has 1 aromatic heterocycles. The summed E-state index contributed by atoms with van der Waals surface area (Å²) in [7, 11) is 0. The molecule has 19 heavy (non-hydrogen) atoms. The number of amides is 1. The number of rotatable bonds is 5. The van der Waals surface area contributed by atoms with E-state index < -0.39 is 0 Å². The van der Waals surface area contributed by atoms with E-state index in [1.807, 2.05) is 5.38 Å². The van der Waals surface area contributed by atoms with E-state index >= 15 is 0 Å². The summed E-state index contributed by atoms with van der Waals surface area (Å²) in [5, 5.41) is 9.07. The topological polar surface area (TPSA) is 54.0 Å². The number of nitrogens with zero attached hydrogens (tertiary/aromatic N) is 1. The maximum atomic E-state index is 12.1. The van der Waals surface area contributed by atoms with Gasteiger partial charge in [0.1, 0.15) is 0 Å². The minimum Gasteiger partial charge on any atom is -0.309 e. The molecule has 0 radical (unpaired) electrons. The molecule has 1 heterocycles. The smallest absolute Gasteiger partial charge is 0.229 e. The highest BCUT2D eigenvalue weighted by Crippen LogP contribution is 2.54. The fourth-order valence-electron chi connectivity index (χ4n) is 3.09. The highest BCUT2D eigenvalue weighted by Gasteiger charge is 2.48. The number of nitrogens with one attached hydrogen (secondary N) is 2. The monoisotopic (exact) mass is 279 g/mol. The van der Waals surface area contributed by atoms with Gasteiger partial charge in [-0.05, 0) is 44.6 Å². The number of hydrogen-bond acceptors (Lipinski definition) is 4. The third-order valence-corrected chi connectivity index (χ3v) is 5.10. The Balaban J connectivity index is 1.56. The lowest BCUT2D eigenvalue weighted by Crippen LogP contribution is -2.22. The Morgan fingerprint density at radius 2 is 2.21 bits per heavy atom. The molecule has 0 bridgehead atoms. The van der Waals surface area contributed by atoms with Gasteiger partial charge in [0.05, 0.1) is 5.69 Å². The van der Waals surface area contributed by atoms with Gasteiger partial charge in [0, 0.05) is 17.3 Å². The molecule has 1 aromatic rings. The average molecular weight is 279 g/mol. The Kier molecular flexibility index (Phi) is 3.58. The van der Waals surface area contributed by atoms with Crippen LogP contribution in [0.1, 0.15) is 44.8 Å². The quantitative estimate of drug-likeness (QED) is 0.871. The van der Waals surface area contributed by atoms with E-state index in [2.05, 4.69) is 29.5 Å². The summed E-state index contributed by atoms with van der Waals surface area (Å²) < 4.78 is 0. The minimum absolute atomic E-state index is 0.171. The van der Waals surface area contributed by atoms with Crippen LogP contribution in [0.4, 0.5) is 5.13 Å². The Hall–Kier alpha value is -0.940. The molecule has 0 aliphatic heterocycles. The van der Waals surface area contributed by atoms with Crippen molar-refractivity contribution in [3.63, 3.8) is 0 Å². The number of carbonyl (C=O) groups excluding carboxylic acids is 1. The molecular weight excluding hydrogens is 258 g/mol. The first-order chi connectivity index (χ1) is 9.17. The fraction of sp³-hybridized carbons (Fsp3) is 0.714. The number of thiazole rings is 1. The second-order valence-corrected chi connectivity index (χ2v) is 6.63. The molecule has 0 spiro atoms. The van der Waals surface area contributed by atoms with Crippen LogP contribution in [0.15, 0.2) is 5.38 Å². The SMILES string of the molecule is CCNC(C)c1csc(NC(=O)C2CC3CC3C2)n1. The van der Waals surface area contributed by atoms with Gasteiger partial charge in [0.25, 0.3) is 0 Å². The lowest BCUT2D eigenvalue weighted by atomic mass is 10.0. The molecule has 2 aliphatic rings. The molecule has 3 rings (SSSR count). The third kappa shape index (κ3) is 2.82. The second kappa shape index (κ2) is 5.21. The van der Waals surface area contributed by atoms with Crippen LogP contribution in [0.2, 0.25) is 0 Å². The average Bonchev–Trinajstić information content (AvgIpc) is 2.81. The summed E-state index contributed by atoms with van der Waals surface area (Å²) in [5.41, 5.74) is 1.01. The van der Waals surface area contributed by atoms with Gasteiger partial charge in [0.15, 0.2) is 5.13 Å². The molecule has 3 unspecified atom stereocenters. The molecule has 2 aliphatic carbocycles. The predicted octanol–water partition coefficient (Wildman–Crippen LogP) is 2.80. The highest BCUT2D eigenvalue weighted by molar-refractivity contribution is 7.13. The van der Waals surface area contributed by atoms with E-state index in [9.17, 15) is 4.79 Å². The van der Waals surface area contributed by atoms with Crippen molar-refractivity contribution in [3.05, 3.63) is 11.1 Å². The number of anilines is 1. The van der Waals surface area contributed by atoms with E-state index in [4.69, 9.17) is 0 Å². The zero-order valence-corrected chi connectivity index (χ0v) is 12.3. The fourth-order valence-corrected chi connectivity index (χ4v) is 3.90. The van der Waals surface area contributed by atoms with Crippen molar-refractivity contribution in [1.82, 2.24) is 10.3 Å². The van der Waals surface area contributed by atoms with E-state index in [1.165, 1.54) is 17.8 Å². The summed E-state index contributed by atoms with van der Waals surface area (Å²) >= 11 is 1.52. The summed E-state index contributed by atoms with van der Waals surface area (Å²) in [6.07, 6.45) is 3.52. The molecule has 104 valence electrons. The number of fused-ring (bicyclic) bond motifs is 1. The number of hydrogen-bond donors (Lipinski definition) is 2. The summed E-state index contributed by atoms with van der Waals surface area (Å²) in [6.45, 7) is 5.09. The van der Waals surface area contributed by atoms with Crippen LogP contribution in [-0.2, 0) is 4.79 Å². The molecule has 4 nitrogen and oxygen atoms in total. The largest absolute Gasteiger partial charge is 0.309 e. The van der Waals surface area contributed by atoms with Crippen molar-refractivity contribution in [2.75, 3.05) is 11.9 Å². The molecule has 5 heteroatoms. The summed E-state index contributed by atoms with van der Waals surface area (Å²) in [5.74, 6) is 2.08. The van der Waals surface area contributed by atoms with Crippen LogP contribution in [0.3, 0.4) is 0 Å². The predicted molar refractivity (Wildman–Crippen MR) is 77.2 cm³/mol. The van der Waals surface area contributed by atoms with Gasteiger partial charge in [-0.1, -0.05) is 6.92 Å². The molecule has 3 atom stereocenters. The van der Waals surface area contributed by atoms with Crippen molar-refractivity contribution in [3.8, 4) is 0 Å². The number of aromatic nitrogens is 1. The van der Waals surface area contributed by atoms with Crippen molar-refractivity contribution in [2.24, 2.45) is 17.8 Å². The van der Waals surface area contributed by atoms with E-state index in [0.29, 0.717) is 0 Å². The lowest BCUT2D eigenvalue weighted by Gasteiger charge is -2.10. The van der Waals surface area contributed by atoms with Crippen molar-refractivity contribution in [1.29, 1.82) is 0 Å². The van der Waals surface area contributed by atoms with Crippen LogP contribution in [0.25, 0.3) is 0 Å². The van der Waals surface area contributed by atoms with E-state index in [-0.39, 0.29) is 17.9 Å². The van der Waals surface area contributed by atoms with Gasteiger partial charge >= 0.3 is 0 Å². The minimum atomic E-state index is 0.171. The first kappa shape index (κ1) is 13.1. The Morgan fingerprint density at radius 3 is 2.89 bits per heavy atom. The van der Waals surface area contributed by atoms with Crippen LogP contribution in [0, 0.1) is 17.8 Å². The van der Waals surface area contributed by atoms with Gasteiger partial charge in [-0.3, -0.25) is 4.79 Å². The third-order valence-electron chi connectivity index (χ3n) is 4.32. The van der Waals surface area contributed by atoms with Gasteiger partial charge in [-0.25, -0.2) is 4.98 Å². The van der Waals surface area contributed by atoms with Gasteiger partial charge in [0.2, 0.25) is 5.91 Å². The van der Waals surface area contributed by atoms with Crippen LogP contribution < -0.4 is 10.6 Å². The van der Waals surface area contributed by atoms with Crippen LogP contribution in [0.5, 0.6) is 0 Å². The van der Waals surface area contributed by atoms with Gasteiger partial charge in [-0.15, -0.1) is 11.3 Å². The van der Waals surface area contributed by atoms with E-state index in [1.54, 1.807) is 0 Å². The Labute approximate surface area is 118 Å². The molecule has 0 aromatic carbocycles. The molecule has 2 saturated carbocycles. The Bertz CT molecular complexity index is 463. The van der Waals surface area contributed by atoms with E-state index in [0.717, 1.165) is 42.0 Å². The van der Waals surface area contributed by atoms with Gasteiger partial charge < -0.3 is 10.6 Å². The van der Waals surface area contributed by atoms with Crippen molar-refractivity contribution >= 4 is 22.4 Å². The maximum absolute atomic E-state index is 12.1. The summed E-state index contributed by atoms with van der Waals surface area (Å²) in [4.78, 5) is 16.6. The van der Waals surface area contributed by atoms with Crippen molar-refractivity contribution in [2.45, 2.75) is 39.2 Å². The highest BCUT2D eigenvalue weighted by atomic mass is 32.1. The Morgan fingerprint density at radius 1 is 1.47 bits per heavy atom. The maximum Gasteiger partial charge on any atom is 0.229 e. The zero-order valence-electron chi connectivity index (χ0n) is 11.5. The normalized spacial score (nSPS) is 29.9. The van der Waals surface area contributed by atoms with Crippen LogP contribution in [-0.4, -0.2) is 17.4 Å². The van der Waals surface area contributed by atoms with Gasteiger partial charge in [-0.2, -0.15) is 0 Å². The molecular formula is C14H21N3OS. The zero-order chi connectivity index (χ0) is 13.4. The lowest BCUT2D eigenvalue weighted by molar-refractivity contribution is -0.120. The van der Waals surface area contributed by atoms with Crippen molar-refractivity contribution < 1.29 is 4.79 Å². The first-order valence-corrected chi connectivity index (χ1v) is 8.05. The standard InChI is InChI=1S/C14H21N3OS/c1-3-15-8(2)12-7-19-14(16-12)17-13(18)11-5-9-4-10(9)6-11/h7-11,15H,3-6H2,1-2H3,(H,16,17,18). The molecule has 2 N–H and O–H groups in total. The molecule has 0 saturated heterocycles.